The average Bonchev–Trinajstić information content (AvgIpc) is 2.84. The zero-order valence-electron chi connectivity index (χ0n) is 10.0. The van der Waals surface area contributed by atoms with E-state index in [9.17, 15) is 0 Å². The Morgan fingerprint density at radius 3 is 3.00 bits per heavy atom. The first-order chi connectivity index (χ1) is 8.38. The molecule has 17 heavy (non-hydrogen) atoms. The molecule has 0 spiro atoms. The quantitative estimate of drug-likeness (QED) is 0.718. The molecule has 0 unspecified atom stereocenters. The summed E-state index contributed by atoms with van der Waals surface area (Å²) in [5.41, 5.74) is 6.27. The lowest BCUT2D eigenvalue weighted by Crippen LogP contribution is -2.21. The van der Waals surface area contributed by atoms with Crippen molar-refractivity contribution in [1.29, 1.82) is 0 Å². The fraction of sp³-hybridized carbons (Fsp3) is 0.818. The minimum absolute atomic E-state index is 0.433. The van der Waals surface area contributed by atoms with Crippen LogP contribution >= 0.6 is 0 Å². The summed E-state index contributed by atoms with van der Waals surface area (Å²) in [6.07, 6.45) is 4.08. The van der Waals surface area contributed by atoms with Crippen LogP contribution in [0.1, 0.15) is 18.5 Å². The normalized spacial score (nSPS) is 17.5. The van der Waals surface area contributed by atoms with E-state index in [2.05, 4.69) is 10.3 Å². The smallest absolute Gasteiger partial charge is 0.0962 e. The highest BCUT2D eigenvalue weighted by atomic mass is 16.5. The van der Waals surface area contributed by atoms with Crippen molar-refractivity contribution in [1.82, 2.24) is 15.0 Å². The summed E-state index contributed by atoms with van der Waals surface area (Å²) in [5.74, 6) is 0.652. The summed E-state index contributed by atoms with van der Waals surface area (Å²) in [6, 6.07) is 0. The van der Waals surface area contributed by atoms with Crippen molar-refractivity contribution < 1.29 is 9.47 Å². The molecule has 6 heteroatoms. The SMILES string of the molecule is NCc1cn(CCOCC2CCOCC2)nn1. The summed E-state index contributed by atoms with van der Waals surface area (Å²) >= 11 is 0. The second-order valence-electron chi connectivity index (χ2n) is 4.31. The Labute approximate surface area is 101 Å². The Hall–Kier alpha value is -0.980. The highest BCUT2D eigenvalue weighted by Crippen LogP contribution is 2.14. The third-order valence-electron chi connectivity index (χ3n) is 2.95. The monoisotopic (exact) mass is 240 g/mol. The molecule has 2 rings (SSSR count). The van der Waals surface area contributed by atoms with Gasteiger partial charge in [0.2, 0.25) is 0 Å². The second kappa shape index (κ2) is 6.68. The van der Waals surface area contributed by atoms with Gasteiger partial charge in [0.1, 0.15) is 0 Å². The summed E-state index contributed by atoms with van der Waals surface area (Å²) in [4.78, 5) is 0. The van der Waals surface area contributed by atoms with Gasteiger partial charge in [0.15, 0.2) is 0 Å². The van der Waals surface area contributed by atoms with E-state index in [1.54, 1.807) is 4.68 Å². The van der Waals surface area contributed by atoms with Gasteiger partial charge in [-0.25, -0.2) is 4.68 Å². The molecule has 1 aromatic heterocycles. The number of hydrogen-bond donors (Lipinski definition) is 1. The van der Waals surface area contributed by atoms with Gasteiger partial charge in [0.25, 0.3) is 0 Å². The van der Waals surface area contributed by atoms with Gasteiger partial charge in [-0.05, 0) is 18.8 Å². The molecule has 1 fully saturated rings. The van der Waals surface area contributed by atoms with Crippen LogP contribution in [0, 0.1) is 5.92 Å². The molecule has 1 saturated heterocycles. The Morgan fingerprint density at radius 1 is 1.47 bits per heavy atom. The molecule has 2 heterocycles. The lowest BCUT2D eigenvalue weighted by atomic mass is 10.0. The molecule has 0 radical (unpaired) electrons. The fourth-order valence-electron chi connectivity index (χ4n) is 1.86. The minimum Gasteiger partial charge on any atom is -0.381 e. The fourth-order valence-corrected chi connectivity index (χ4v) is 1.86. The van der Waals surface area contributed by atoms with E-state index < -0.39 is 0 Å². The molecular formula is C11H20N4O2. The molecule has 96 valence electrons. The van der Waals surface area contributed by atoms with E-state index in [0.29, 0.717) is 19.1 Å². The predicted molar refractivity (Wildman–Crippen MR) is 62.3 cm³/mol. The zero-order valence-corrected chi connectivity index (χ0v) is 10.0. The molecule has 1 aromatic rings. The summed E-state index contributed by atoms with van der Waals surface area (Å²) in [5, 5.41) is 7.88. The Kier molecular flexibility index (Phi) is 4.90. The van der Waals surface area contributed by atoms with Crippen LogP contribution < -0.4 is 5.73 Å². The lowest BCUT2D eigenvalue weighted by molar-refractivity contribution is 0.0183. The Bertz CT molecular complexity index is 323. The van der Waals surface area contributed by atoms with Gasteiger partial charge in [0, 0.05) is 32.6 Å². The molecule has 1 aliphatic rings. The topological polar surface area (TPSA) is 75.2 Å². The molecule has 1 aliphatic heterocycles. The molecular weight excluding hydrogens is 220 g/mol. The van der Waals surface area contributed by atoms with Crippen LogP contribution in [0.5, 0.6) is 0 Å². The first-order valence-corrected chi connectivity index (χ1v) is 6.13. The van der Waals surface area contributed by atoms with E-state index in [0.717, 1.165) is 44.9 Å². The highest BCUT2D eigenvalue weighted by molar-refractivity contribution is 4.90. The van der Waals surface area contributed by atoms with Crippen LogP contribution in [-0.2, 0) is 22.6 Å². The molecule has 0 aliphatic carbocycles. The van der Waals surface area contributed by atoms with Crippen molar-refractivity contribution in [3.8, 4) is 0 Å². The van der Waals surface area contributed by atoms with Gasteiger partial charge in [-0.1, -0.05) is 5.21 Å². The van der Waals surface area contributed by atoms with Crippen LogP contribution in [0.3, 0.4) is 0 Å². The number of hydrogen-bond acceptors (Lipinski definition) is 5. The molecule has 0 saturated carbocycles. The average molecular weight is 240 g/mol. The zero-order chi connectivity index (χ0) is 11.9. The Morgan fingerprint density at radius 2 is 2.29 bits per heavy atom. The summed E-state index contributed by atoms with van der Waals surface area (Å²) in [6.45, 7) is 4.40. The van der Waals surface area contributed by atoms with Gasteiger partial charge >= 0.3 is 0 Å². The van der Waals surface area contributed by atoms with Crippen LogP contribution in [0.2, 0.25) is 0 Å². The van der Waals surface area contributed by atoms with Crippen molar-refractivity contribution >= 4 is 0 Å². The van der Waals surface area contributed by atoms with Crippen molar-refractivity contribution in [2.75, 3.05) is 26.4 Å². The lowest BCUT2D eigenvalue weighted by Gasteiger charge is -2.21. The maximum atomic E-state index is 5.64. The molecule has 0 bridgehead atoms. The van der Waals surface area contributed by atoms with Crippen molar-refractivity contribution in [2.24, 2.45) is 11.7 Å². The van der Waals surface area contributed by atoms with Gasteiger partial charge in [-0.3, -0.25) is 0 Å². The van der Waals surface area contributed by atoms with E-state index in [-0.39, 0.29) is 0 Å². The third-order valence-corrected chi connectivity index (χ3v) is 2.95. The van der Waals surface area contributed by atoms with Crippen molar-refractivity contribution in [3.63, 3.8) is 0 Å². The molecule has 2 N–H and O–H groups in total. The number of rotatable bonds is 6. The maximum absolute atomic E-state index is 5.64. The van der Waals surface area contributed by atoms with E-state index in [1.807, 2.05) is 6.20 Å². The molecule has 0 atom stereocenters. The second-order valence-corrected chi connectivity index (χ2v) is 4.31. The largest absolute Gasteiger partial charge is 0.381 e. The van der Waals surface area contributed by atoms with Crippen LogP contribution in [-0.4, -0.2) is 41.4 Å². The first-order valence-electron chi connectivity index (χ1n) is 6.13. The molecule has 6 nitrogen and oxygen atoms in total. The summed E-state index contributed by atoms with van der Waals surface area (Å²) in [7, 11) is 0. The van der Waals surface area contributed by atoms with Crippen molar-refractivity contribution in [2.45, 2.75) is 25.9 Å². The maximum Gasteiger partial charge on any atom is 0.0962 e. The Balaban J connectivity index is 1.59. The van der Waals surface area contributed by atoms with Crippen LogP contribution in [0.4, 0.5) is 0 Å². The van der Waals surface area contributed by atoms with Crippen LogP contribution in [0.15, 0.2) is 6.20 Å². The number of aromatic nitrogens is 3. The van der Waals surface area contributed by atoms with E-state index >= 15 is 0 Å². The number of nitrogens with two attached hydrogens (primary N) is 1. The molecule has 0 aromatic carbocycles. The predicted octanol–water partition coefficient (Wildman–Crippen LogP) is 0.180. The number of nitrogens with zero attached hydrogens (tertiary/aromatic N) is 3. The molecule has 0 amide bonds. The minimum atomic E-state index is 0.433. The standard InChI is InChI=1S/C11H20N4O2/c12-7-11-8-15(14-13-11)3-6-17-9-10-1-4-16-5-2-10/h8,10H,1-7,9,12H2. The highest BCUT2D eigenvalue weighted by Gasteiger charge is 2.13. The van der Waals surface area contributed by atoms with E-state index in [1.165, 1.54) is 0 Å². The third kappa shape index (κ3) is 4.07. The van der Waals surface area contributed by atoms with Gasteiger partial charge in [-0.2, -0.15) is 0 Å². The van der Waals surface area contributed by atoms with E-state index in [4.69, 9.17) is 15.2 Å². The first kappa shape index (κ1) is 12.5. The van der Waals surface area contributed by atoms with Gasteiger partial charge in [-0.15, -0.1) is 5.10 Å². The van der Waals surface area contributed by atoms with Gasteiger partial charge in [0.05, 0.1) is 18.8 Å². The van der Waals surface area contributed by atoms with Gasteiger partial charge < -0.3 is 15.2 Å². The van der Waals surface area contributed by atoms with Crippen LogP contribution in [0.25, 0.3) is 0 Å². The number of ether oxygens (including phenoxy) is 2. The van der Waals surface area contributed by atoms with Crippen molar-refractivity contribution in [3.05, 3.63) is 11.9 Å². The summed E-state index contributed by atoms with van der Waals surface area (Å²) < 4.78 is 12.7.